The maximum Gasteiger partial charge on any atom is 0.260 e. The summed E-state index contributed by atoms with van der Waals surface area (Å²) in [6, 6.07) is 22.4. The molecule has 0 aromatic heterocycles. The fraction of sp³-hybridized carbons (Fsp3) is 0.250. The number of allylic oxidation sites excluding steroid dienone is 2. The van der Waals surface area contributed by atoms with Crippen molar-refractivity contribution in [2.75, 3.05) is 10.3 Å². The monoisotopic (exact) mass is 723 g/mol. The number of carbonyl (C=O) groups excluding carboxylic acids is 4. The second-order valence-corrected chi connectivity index (χ2v) is 14.7. The van der Waals surface area contributed by atoms with Crippen molar-refractivity contribution in [2.45, 2.75) is 38.0 Å². The number of nitrogens with one attached hydrogen (secondary N) is 1. The third kappa shape index (κ3) is 4.93. The van der Waals surface area contributed by atoms with Gasteiger partial charge in [0.25, 0.3) is 11.8 Å². The number of aryl methyl sites for hydroxylation is 2. The molecule has 8 rings (SSSR count). The van der Waals surface area contributed by atoms with E-state index >= 15 is 4.79 Å². The van der Waals surface area contributed by atoms with Crippen molar-refractivity contribution in [3.8, 4) is 5.75 Å². The van der Waals surface area contributed by atoms with Crippen LogP contribution in [0.3, 0.4) is 0 Å². The van der Waals surface area contributed by atoms with Gasteiger partial charge < -0.3 is 5.11 Å². The van der Waals surface area contributed by atoms with Gasteiger partial charge in [-0.05, 0) is 109 Å². The Kier molecular flexibility index (Phi) is 7.85. The Bertz CT molecular complexity index is 2190. The van der Waals surface area contributed by atoms with Crippen molar-refractivity contribution in [3.63, 3.8) is 0 Å². The van der Waals surface area contributed by atoms with Gasteiger partial charge in [0.1, 0.15) is 11.6 Å². The Morgan fingerprint density at radius 2 is 1.55 bits per heavy atom. The fourth-order valence-corrected chi connectivity index (χ4v) is 9.16. The Balaban J connectivity index is 1.32. The molecule has 2 N–H and O–H groups in total. The lowest BCUT2D eigenvalue weighted by Crippen LogP contribution is -2.53. The van der Waals surface area contributed by atoms with Crippen molar-refractivity contribution < 1.29 is 28.7 Å². The van der Waals surface area contributed by atoms with Crippen molar-refractivity contribution in [2.24, 2.45) is 23.7 Å². The summed E-state index contributed by atoms with van der Waals surface area (Å²) >= 11 is 12.8. The van der Waals surface area contributed by atoms with E-state index in [4.69, 9.17) is 23.2 Å². The molecule has 6 atom stereocenters. The van der Waals surface area contributed by atoms with Gasteiger partial charge in [-0.2, -0.15) is 5.01 Å². The van der Waals surface area contributed by atoms with E-state index in [-0.39, 0.29) is 30.4 Å². The van der Waals surface area contributed by atoms with Crippen LogP contribution < -0.4 is 10.3 Å². The first-order valence-electron chi connectivity index (χ1n) is 16.7. The second kappa shape index (κ2) is 12.1. The minimum atomic E-state index is -1.51. The summed E-state index contributed by atoms with van der Waals surface area (Å²) in [4.78, 5) is 59.7. The smallest absolute Gasteiger partial charge is 0.260 e. The minimum Gasteiger partial charge on any atom is -0.508 e. The second-order valence-electron chi connectivity index (χ2n) is 13.9. The molecule has 2 saturated heterocycles. The first kappa shape index (κ1) is 33.2. The topological polar surface area (TPSA) is 107 Å². The number of nitrogens with zero attached hydrogens (tertiary/aromatic N) is 2. The number of halogens is 3. The molecule has 2 aliphatic heterocycles. The summed E-state index contributed by atoms with van der Waals surface area (Å²) in [7, 11) is 0. The van der Waals surface area contributed by atoms with Gasteiger partial charge in [-0.3, -0.25) is 24.6 Å². The van der Waals surface area contributed by atoms with Crippen molar-refractivity contribution in [3.05, 3.63) is 135 Å². The van der Waals surface area contributed by atoms with Crippen LogP contribution in [0.25, 0.3) is 0 Å². The standard InChI is InChI=1S/C40H32Cl2FN3O5/c1-20-3-13-27(18-32(20)42)45-36(48)29-15-14-28-30(34(29)38(45)50)19-31-37(49)46(44-26-11-9-25(43)10-12-26)39(51)40(31,23-5-7-24(41)8-6-23)35(28)22-4-16-33(47)21(2)17-22/h3-14,16-18,29-31,34-35,44,47H,15,19H2,1-2H3. The number of hydrazine groups is 1. The van der Waals surface area contributed by atoms with Crippen LogP contribution in [0, 0.1) is 43.3 Å². The average Bonchev–Trinajstić information content (AvgIpc) is 3.49. The summed E-state index contributed by atoms with van der Waals surface area (Å²) in [6.45, 7) is 3.59. The van der Waals surface area contributed by atoms with Crippen LogP contribution in [-0.4, -0.2) is 33.7 Å². The fourth-order valence-electron chi connectivity index (χ4n) is 8.86. The van der Waals surface area contributed by atoms with Gasteiger partial charge in [0.05, 0.1) is 34.5 Å². The van der Waals surface area contributed by atoms with Gasteiger partial charge >= 0.3 is 0 Å². The van der Waals surface area contributed by atoms with E-state index in [1.54, 1.807) is 67.6 Å². The average molecular weight is 725 g/mol. The molecule has 258 valence electrons. The molecule has 0 bridgehead atoms. The van der Waals surface area contributed by atoms with E-state index in [1.807, 2.05) is 13.0 Å². The molecule has 3 fully saturated rings. The van der Waals surface area contributed by atoms with Gasteiger partial charge in [0.15, 0.2) is 0 Å². The number of anilines is 2. The molecular formula is C40H32Cl2FN3O5. The van der Waals surface area contributed by atoms with E-state index in [0.717, 1.165) is 16.1 Å². The van der Waals surface area contributed by atoms with Crippen molar-refractivity contribution in [1.29, 1.82) is 0 Å². The highest BCUT2D eigenvalue weighted by Crippen LogP contribution is 2.64. The van der Waals surface area contributed by atoms with Crippen LogP contribution in [0.1, 0.15) is 41.0 Å². The molecule has 6 unspecified atom stereocenters. The first-order chi connectivity index (χ1) is 24.4. The predicted octanol–water partition coefficient (Wildman–Crippen LogP) is 7.64. The molecular weight excluding hydrogens is 692 g/mol. The zero-order valence-electron chi connectivity index (χ0n) is 27.6. The number of amides is 4. The van der Waals surface area contributed by atoms with Crippen LogP contribution in [0.5, 0.6) is 5.75 Å². The number of carbonyl (C=O) groups is 4. The highest BCUT2D eigenvalue weighted by molar-refractivity contribution is 6.32. The number of hydrogen-bond donors (Lipinski definition) is 2. The highest BCUT2D eigenvalue weighted by Gasteiger charge is 2.70. The summed E-state index contributed by atoms with van der Waals surface area (Å²) in [5.41, 5.74) is 5.53. The summed E-state index contributed by atoms with van der Waals surface area (Å²) in [5, 5.41) is 12.4. The lowest BCUT2D eigenvalue weighted by Gasteiger charge is -2.50. The van der Waals surface area contributed by atoms with Gasteiger partial charge in [0, 0.05) is 16.0 Å². The van der Waals surface area contributed by atoms with Crippen LogP contribution in [0.4, 0.5) is 15.8 Å². The number of benzene rings is 4. The molecule has 4 aromatic carbocycles. The quantitative estimate of drug-likeness (QED) is 0.162. The Morgan fingerprint density at radius 3 is 2.24 bits per heavy atom. The Morgan fingerprint density at radius 1 is 0.824 bits per heavy atom. The SMILES string of the molecule is Cc1cc(C2C3=CCC4C(=O)N(c5ccc(C)c(Cl)c5)C(=O)C4C3CC3C(=O)N(Nc4ccc(F)cc4)C(=O)C32c2ccc(Cl)cc2)ccc1O. The van der Waals surface area contributed by atoms with Crippen LogP contribution in [0.15, 0.2) is 96.6 Å². The Labute approximate surface area is 303 Å². The van der Waals surface area contributed by atoms with E-state index < -0.39 is 52.6 Å². The summed E-state index contributed by atoms with van der Waals surface area (Å²) < 4.78 is 13.8. The van der Waals surface area contributed by atoms with Gasteiger partial charge in [-0.25, -0.2) is 9.29 Å². The molecule has 51 heavy (non-hydrogen) atoms. The molecule has 4 amide bonds. The molecule has 1 saturated carbocycles. The number of imide groups is 2. The van der Waals surface area contributed by atoms with Gasteiger partial charge in [-0.1, -0.05) is 65.2 Å². The summed E-state index contributed by atoms with van der Waals surface area (Å²) in [6.07, 6.45) is 2.33. The third-order valence-corrected chi connectivity index (χ3v) is 11.9. The molecule has 0 radical (unpaired) electrons. The number of phenols is 1. The zero-order valence-corrected chi connectivity index (χ0v) is 29.1. The van der Waals surface area contributed by atoms with E-state index in [0.29, 0.717) is 38.1 Å². The largest absolute Gasteiger partial charge is 0.508 e. The van der Waals surface area contributed by atoms with Crippen LogP contribution in [-0.2, 0) is 24.6 Å². The zero-order chi connectivity index (χ0) is 35.9. The van der Waals surface area contributed by atoms with Crippen LogP contribution in [0.2, 0.25) is 10.0 Å². The molecule has 8 nitrogen and oxygen atoms in total. The Hall–Kier alpha value is -4.99. The van der Waals surface area contributed by atoms with Crippen molar-refractivity contribution >= 4 is 58.2 Å². The normalized spacial score (nSPS) is 26.9. The molecule has 11 heteroatoms. The third-order valence-electron chi connectivity index (χ3n) is 11.2. The van der Waals surface area contributed by atoms with E-state index in [9.17, 15) is 23.9 Å². The number of aromatic hydroxyl groups is 1. The molecule has 4 aromatic rings. The highest BCUT2D eigenvalue weighted by atomic mass is 35.5. The van der Waals surface area contributed by atoms with Gasteiger partial charge in [-0.15, -0.1) is 0 Å². The predicted molar refractivity (Wildman–Crippen MR) is 191 cm³/mol. The maximum absolute atomic E-state index is 15.2. The first-order valence-corrected chi connectivity index (χ1v) is 17.5. The van der Waals surface area contributed by atoms with Crippen LogP contribution >= 0.6 is 23.2 Å². The molecule has 2 heterocycles. The number of fused-ring (bicyclic) bond motifs is 4. The maximum atomic E-state index is 15.2. The molecule has 0 spiro atoms. The number of hydrogen-bond acceptors (Lipinski definition) is 6. The lowest BCUT2D eigenvalue weighted by molar-refractivity contribution is -0.138. The number of phenolic OH excluding ortho intramolecular Hbond substituents is 1. The minimum absolute atomic E-state index is 0.0679. The van der Waals surface area contributed by atoms with Gasteiger partial charge in [0.2, 0.25) is 11.8 Å². The van der Waals surface area contributed by atoms with E-state index in [1.165, 1.54) is 29.2 Å². The lowest BCUT2D eigenvalue weighted by atomic mass is 9.49. The number of rotatable bonds is 5. The summed E-state index contributed by atoms with van der Waals surface area (Å²) in [5.74, 6) is -5.94. The molecule has 4 aliphatic rings. The van der Waals surface area contributed by atoms with Crippen molar-refractivity contribution in [1.82, 2.24) is 5.01 Å². The molecule has 2 aliphatic carbocycles. The van der Waals surface area contributed by atoms with E-state index in [2.05, 4.69) is 5.43 Å².